The van der Waals surface area contributed by atoms with E-state index in [2.05, 4.69) is 34.6 Å². The molecular formula is C31H50O6. The van der Waals surface area contributed by atoms with Crippen LogP contribution in [0.15, 0.2) is 11.1 Å². The van der Waals surface area contributed by atoms with Gasteiger partial charge in [-0.1, -0.05) is 47.1 Å². The lowest BCUT2D eigenvalue weighted by Crippen LogP contribution is -2.65. The number of ketones is 2. The minimum absolute atomic E-state index is 0.0195. The van der Waals surface area contributed by atoms with Crippen molar-refractivity contribution in [1.29, 1.82) is 0 Å². The summed E-state index contributed by atoms with van der Waals surface area (Å²) in [5, 5.41) is 32.9. The third-order valence-corrected chi connectivity index (χ3v) is 11.9. The van der Waals surface area contributed by atoms with Gasteiger partial charge < -0.3 is 20.1 Å². The van der Waals surface area contributed by atoms with Gasteiger partial charge in [-0.15, -0.1) is 0 Å². The molecule has 9 atom stereocenters. The minimum atomic E-state index is -1.32. The lowest BCUT2D eigenvalue weighted by Gasteiger charge is -2.68. The second kappa shape index (κ2) is 8.97. The number of aliphatic hydroxyl groups excluding tert-OH is 2. The normalized spacial score (nSPS) is 42.1. The molecule has 0 radical (unpaired) electrons. The van der Waals surface area contributed by atoms with Gasteiger partial charge in [-0.25, -0.2) is 0 Å². The van der Waals surface area contributed by atoms with E-state index in [1.165, 1.54) is 7.11 Å². The molecule has 0 aromatic rings. The second-order valence-corrected chi connectivity index (χ2v) is 14.7. The Hall–Kier alpha value is -1.08. The first-order chi connectivity index (χ1) is 16.9. The van der Waals surface area contributed by atoms with Crippen molar-refractivity contribution in [3.8, 4) is 0 Å². The molecule has 210 valence electrons. The molecule has 3 N–H and O–H groups in total. The van der Waals surface area contributed by atoms with Crippen molar-refractivity contribution < 1.29 is 29.6 Å². The predicted molar refractivity (Wildman–Crippen MR) is 143 cm³/mol. The molecule has 4 aliphatic carbocycles. The Morgan fingerprint density at radius 1 is 1.11 bits per heavy atom. The van der Waals surface area contributed by atoms with Crippen molar-refractivity contribution in [2.24, 2.45) is 39.4 Å². The Labute approximate surface area is 223 Å². The minimum Gasteiger partial charge on any atom is -0.392 e. The average Bonchev–Trinajstić information content (AvgIpc) is 3.04. The number of hydrogen-bond acceptors (Lipinski definition) is 6. The fraction of sp³-hybridized carbons (Fsp3) is 0.871. The van der Waals surface area contributed by atoms with Gasteiger partial charge in [0, 0.05) is 30.8 Å². The molecule has 0 saturated heterocycles. The topological polar surface area (TPSA) is 104 Å². The largest absolute Gasteiger partial charge is 0.392 e. The van der Waals surface area contributed by atoms with Crippen molar-refractivity contribution >= 4 is 11.6 Å². The molecule has 0 spiro atoms. The third kappa shape index (κ3) is 4.03. The molecule has 0 aromatic heterocycles. The van der Waals surface area contributed by atoms with E-state index >= 15 is 0 Å². The molecule has 0 aromatic carbocycles. The molecule has 0 aliphatic heterocycles. The molecule has 0 unspecified atom stereocenters. The molecule has 3 saturated carbocycles. The first-order valence-corrected chi connectivity index (χ1v) is 14.3. The third-order valence-electron chi connectivity index (χ3n) is 11.9. The lowest BCUT2D eigenvalue weighted by atomic mass is 9.36. The fourth-order valence-corrected chi connectivity index (χ4v) is 9.82. The summed E-state index contributed by atoms with van der Waals surface area (Å²) in [7, 11) is 1.52. The maximum absolute atomic E-state index is 13.7. The number of fused-ring (bicyclic) bond motifs is 5. The summed E-state index contributed by atoms with van der Waals surface area (Å²) in [6, 6.07) is 0. The van der Waals surface area contributed by atoms with Crippen molar-refractivity contribution in [3.05, 3.63) is 11.1 Å². The number of allylic oxidation sites excluding steroid dienone is 1. The Bertz CT molecular complexity index is 990. The Morgan fingerprint density at radius 3 is 2.30 bits per heavy atom. The van der Waals surface area contributed by atoms with Crippen LogP contribution in [-0.4, -0.2) is 57.9 Å². The molecular weight excluding hydrogens is 468 g/mol. The maximum Gasteiger partial charge on any atom is 0.160 e. The number of aliphatic hydroxyl groups is 3. The Kier molecular flexibility index (Phi) is 7.01. The van der Waals surface area contributed by atoms with Gasteiger partial charge in [-0.3, -0.25) is 9.59 Å². The van der Waals surface area contributed by atoms with Crippen LogP contribution in [0.25, 0.3) is 0 Å². The first kappa shape index (κ1) is 28.9. The van der Waals surface area contributed by atoms with Crippen LogP contribution in [0.1, 0.15) is 100 Å². The van der Waals surface area contributed by atoms with Gasteiger partial charge in [0.15, 0.2) is 5.78 Å². The summed E-state index contributed by atoms with van der Waals surface area (Å²) in [6.45, 7) is 16.1. The maximum atomic E-state index is 13.7. The Morgan fingerprint density at radius 2 is 1.73 bits per heavy atom. The van der Waals surface area contributed by atoms with Gasteiger partial charge >= 0.3 is 0 Å². The summed E-state index contributed by atoms with van der Waals surface area (Å²) in [5.74, 6) is 0.550. The zero-order valence-electron chi connectivity index (χ0n) is 24.5. The van der Waals surface area contributed by atoms with Crippen molar-refractivity contribution in [2.45, 2.75) is 124 Å². The van der Waals surface area contributed by atoms with Crippen LogP contribution < -0.4 is 0 Å². The quantitative estimate of drug-likeness (QED) is 0.474. The summed E-state index contributed by atoms with van der Waals surface area (Å²) in [6.07, 6.45) is 2.24. The monoisotopic (exact) mass is 518 g/mol. The summed E-state index contributed by atoms with van der Waals surface area (Å²) in [5.41, 5.74) is -0.617. The van der Waals surface area contributed by atoms with Gasteiger partial charge in [0.2, 0.25) is 0 Å². The van der Waals surface area contributed by atoms with Crippen molar-refractivity contribution in [2.75, 3.05) is 7.11 Å². The van der Waals surface area contributed by atoms with Crippen LogP contribution in [0.4, 0.5) is 0 Å². The highest BCUT2D eigenvalue weighted by Crippen LogP contribution is 2.73. The average molecular weight is 519 g/mol. The van der Waals surface area contributed by atoms with Crippen LogP contribution >= 0.6 is 0 Å². The van der Waals surface area contributed by atoms with Crippen molar-refractivity contribution in [1.82, 2.24) is 0 Å². The van der Waals surface area contributed by atoms with Gasteiger partial charge in [0.1, 0.15) is 11.9 Å². The molecule has 0 heterocycles. The molecule has 4 rings (SSSR count). The summed E-state index contributed by atoms with van der Waals surface area (Å²) < 4.78 is 5.57. The molecule has 0 bridgehead atoms. The van der Waals surface area contributed by atoms with Crippen LogP contribution in [-0.2, 0) is 14.3 Å². The SMILES string of the molecule is CO[C@@H](C[C@@H](C)C1=C2C[C@H](O)[C@H]3[C@@]4(C)CCC(=O)C(C)(C)[C@@H]4CC[C@]3(C)[C@@]2(C)CC1=O)[C@@H](O)C(C)(C)O. The second-order valence-electron chi connectivity index (χ2n) is 14.7. The van der Waals surface area contributed by atoms with Gasteiger partial charge in [0.05, 0.1) is 17.8 Å². The van der Waals surface area contributed by atoms with Crippen molar-refractivity contribution in [3.63, 3.8) is 0 Å². The van der Waals surface area contributed by atoms with E-state index in [0.717, 1.165) is 30.4 Å². The highest BCUT2D eigenvalue weighted by molar-refractivity contribution is 6.00. The van der Waals surface area contributed by atoms with E-state index in [1.807, 2.05) is 6.92 Å². The number of methoxy groups -OCH3 is 1. The predicted octanol–water partition coefficient (Wildman–Crippen LogP) is 4.63. The fourth-order valence-electron chi connectivity index (χ4n) is 9.82. The van der Waals surface area contributed by atoms with E-state index in [1.54, 1.807) is 13.8 Å². The number of Topliss-reactive ketones (excluding diaryl/α,β-unsaturated/α-hetero) is 2. The summed E-state index contributed by atoms with van der Waals surface area (Å²) in [4.78, 5) is 26.6. The molecule has 37 heavy (non-hydrogen) atoms. The van der Waals surface area contributed by atoms with Crippen LogP contribution in [0, 0.1) is 39.4 Å². The molecule has 0 amide bonds. The van der Waals surface area contributed by atoms with E-state index in [4.69, 9.17) is 4.74 Å². The van der Waals surface area contributed by atoms with Crippen LogP contribution in [0.5, 0.6) is 0 Å². The molecule has 6 nitrogen and oxygen atoms in total. The van der Waals surface area contributed by atoms with Crippen LogP contribution in [0.3, 0.4) is 0 Å². The highest BCUT2D eigenvalue weighted by Gasteiger charge is 2.70. The lowest BCUT2D eigenvalue weighted by molar-refractivity contribution is -0.208. The van der Waals surface area contributed by atoms with Gasteiger partial charge in [0.25, 0.3) is 0 Å². The molecule has 4 aliphatic rings. The van der Waals surface area contributed by atoms with E-state index in [9.17, 15) is 24.9 Å². The van der Waals surface area contributed by atoms with E-state index in [-0.39, 0.29) is 39.8 Å². The standard InChI is InChI=1S/C31H50O6/c1-17(14-21(37-9)26(35)28(4,5)36)24-18-15-19(32)25-29(6)12-11-23(34)27(2,3)22(29)10-13-30(25,7)31(18,8)16-20(24)33/h17,19,21-22,25-26,32,35-36H,10-16H2,1-9H3/t17-,19+,21+,22+,25+,26-,29+,30+,31+/m1/s1. The zero-order chi connectivity index (χ0) is 27.9. The van der Waals surface area contributed by atoms with E-state index < -0.39 is 29.3 Å². The summed E-state index contributed by atoms with van der Waals surface area (Å²) >= 11 is 0. The highest BCUT2D eigenvalue weighted by atomic mass is 16.5. The number of carbonyl (C=O) groups excluding carboxylic acids is 2. The first-order valence-electron chi connectivity index (χ1n) is 14.3. The molecule has 3 fully saturated rings. The van der Waals surface area contributed by atoms with Gasteiger partial charge in [-0.2, -0.15) is 0 Å². The number of ether oxygens (including phenoxy) is 1. The van der Waals surface area contributed by atoms with Gasteiger partial charge in [-0.05, 0) is 80.1 Å². The molecule has 6 heteroatoms. The van der Waals surface area contributed by atoms with E-state index in [0.29, 0.717) is 31.5 Å². The Balaban J connectivity index is 1.73. The zero-order valence-corrected chi connectivity index (χ0v) is 24.5. The number of hydrogen-bond donors (Lipinski definition) is 3. The van der Waals surface area contributed by atoms with Crippen LogP contribution in [0.2, 0.25) is 0 Å². The number of carbonyl (C=O) groups is 2. The number of rotatable bonds is 6. The smallest absolute Gasteiger partial charge is 0.160 e.